The first-order valence-corrected chi connectivity index (χ1v) is 14.9. The second-order valence-corrected chi connectivity index (χ2v) is 15.2. The summed E-state index contributed by atoms with van der Waals surface area (Å²) in [7, 11) is 0. The number of rotatable bonds is 9. The zero-order valence-corrected chi connectivity index (χ0v) is 27.9. The molecule has 1 aliphatic carbocycles. The molecule has 0 amide bonds. The molecule has 232 valence electrons. The van der Waals surface area contributed by atoms with Crippen LogP contribution in [0.1, 0.15) is 120 Å². The fraction of sp³-hybridized carbons (Fsp3) is 0.657. The fourth-order valence-corrected chi connectivity index (χ4v) is 4.95. The lowest BCUT2D eigenvalue weighted by Crippen LogP contribution is -2.48. The highest BCUT2D eigenvalue weighted by atomic mass is 17.3. The predicted octanol–water partition coefficient (Wildman–Crippen LogP) is 9.83. The smallest absolute Gasteiger partial charge is 0.228 e. The van der Waals surface area contributed by atoms with Gasteiger partial charge in [0.1, 0.15) is 11.2 Å². The van der Waals surface area contributed by atoms with E-state index < -0.39 is 17.0 Å². The Morgan fingerprint density at radius 1 is 0.561 bits per heavy atom. The van der Waals surface area contributed by atoms with E-state index in [1.165, 1.54) is 0 Å². The van der Waals surface area contributed by atoms with Gasteiger partial charge < -0.3 is 0 Å². The maximum atomic E-state index is 5.79. The molecule has 2 aromatic carbocycles. The number of benzene rings is 2. The lowest BCUT2D eigenvalue weighted by Gasteiger charge is -2.46. The van der Waals surface area contributed by atoms with Gasteiger partial charge in [0, 0.05) is 12.8 Å². The van der Waals surface area contributed by atoms with Gasteiger partial charge in [-0.15, -0.1) is 0 Å². The van der Waals surface area contributed by atoms with Crippen LogP contribution in [0.5, 0.6) is 0 Å². The van der Waals surface area contributed by atoms with E-state index in [0.717, 1.165) is 30.4 Å². The van der Waals surface area contributed by atoms with Gasteiger partial charge in [0.25, 0.3) is 0 Å². The topological polar surface area (TPSA) is 55.4 Å². The van der Waals surface area contributed by atoms with Crippen molar-refractivity contribution >= 4 is 0 Å². The van der Waals surface area contributed by atoms with Crippen LogP contribution in [-0.4, -0.2) is 17.0 Å². The van der Waals surface area contributed by atoms with Crippen molar-refractivity contribution in [3.63, 3.8) is 0 Å². The average molecular weight is 573 g/mol. The quantitative estimate of drug-likeness (QED) is 0.169. The molecule has 1 atom stereocenters. The molecule has 41 heavy (non-hydrogen) atoms. The Morgan fingerprint density at radius 3 is 1.24 bits per heavy atom. The Morgan fingerprint density at radius 2 is 0.927 bits per heavy atom. The SMILES string of the molecule is CC(C)(OOC(C)(C)c1ccccc1)c1ccccc1.CC1CC(C)(C)CC(OOC(C)(C)C)(OOC(C)(C)C)C1. The Hall–Kier alpha value is -1.80. The summed E-state index contributed by atoms with van der Waals surface area (Å²) >= 11 is 0. The molecule has 6 nitrogen and oxygen atoms in total. The molecule has 0 bridgehead atoms. The number of hydrogen-bond acceptors (Lipinski definition) is 6. The molecular weight excluding hydrogens is 516 g/mol. The molecule has 1 saturated carbocycles. The van der Waals surface area contributed by atoms with Crippen LogP contribution < -0.4 is 0 Å². The van der Waals surface area contributed by atoms with E-state index in [0.29, 0.717) is 5.92 Å². The first-order chi connectivity index (χ1) is 18.6. The van der Waals surface area contributed by atoms with Crippen molar-refractivity contribution in [1.29, 1.82) is 0 Å². The second-order valence-electron chi connectivity index (χ2n) is 15.2. The average Bonchev–Trinajstić information content (AvgIpc) is 2.85. The van der Waals surface area contributed by atoms with Crippen molar-refractivity contribution in [3.05, 3.63) is 71.8 Å². The van der Waals surface area contributed by atoms with Crippen molar-refractivity contribution < 1.29 is 29.3 Å². The Kier molecular flexibility index (Phi) is 11.8. The van der Waals surface area contributed by atoms with Crippen molar-refractivity contribution in [2.45, 2.75) is 137 Å². The second kappa shape index (κ2) is 13.7. The minimum absolute atomic E-state index is 0.125. The predicted molar refractivity (Wildman–Crippen MR) is 164 cm³/mol. The highest BCUT2D eigenvalue weighted by Crippen LogP contribution is 2.47. The maximum Gasteiger partial charge on any atom is 0.234 e. The first kappa shape index (κ1) is 35.4. The minimum atomic E-state index is -0.846. The summed E-state index contributed by atoms with van der Waals surface area (Å²) in [4.78, 5) is 34.2. The summed E-state index contributed by atoms with van der Waals surface area (Å²) in [5.41, 5.74) is 0.541. The molecule has 0 radical (unpaired) electrons. The monoisotopic (exact) mass is 572 g/mol. The van der Waals surface area contributed by atoms with Gasteiger partial charge in [0.2, 0.25) is 5.79 Å². The Balaban J connectivity index is 0.000000287. The van der Waals surface area contributed by atoms with E-state index in [1.54, 1.807) is 0 Å². The summed E-state index contributed by atoms with van der Waals surface area (Å²) in [6, 6.07) is 20.2. The molecule has 1 fully saturated rings. The summed E-state index contributed by atoms with van der Waals surface area (Å²) in [6.45, 7) is 26.5. The van der Waals surface area contributed by atoms with Crippen molar-refractivity contribution in [2.24, 2.45) is 11.3 Å². The third kappa shape index (κ3) is 12.5. The zero-order valence-electron chi connectivity index (χ0n) is 27.9. The first-order valence-electron chi connectivity index (χ1n) is 14.9. The highest BCUT2D eigenvalue weighted by molar-refractivity contribution is 5.22. The molecular formula is C35H56O6. The van der Waals surface area contributed by atoms with Crippen LogP contribution in [0, 0.1) is 11.3 Å². The minimum Gasteiger partial charge on any atom is -0.228 e. The maximum absolute atomic E-state index is 5.79. The normalized spacial score (nSPS) is 19.3. The van der Waals surface area contributed by atoms with E-state index in [-0.39, 0.29) is 16.6 Å². The van der Waals surface area contributed by atoms with Gasteiger partial charge in [-0.05, 0) is 98.1 Å². The number of hydrogen-bond donors (Lipinski definition) is 0. The third-order valence-corrected chi connectivity index (χ3v) is 6.59. The van der Waals surface area contributed by atoms with Crippen LogP contribution in [0.25, 0.3) is 0 Å². The van der Waals surface area contributed by atoms with Gasteiger partial charge in [-0.1, -0.05) is 81.4 Å². The van der Waals surface area contributed by atoms with Crippen molar-refractivity contribution in [3.8, 4) is 0 Å². The molecule has 0 saturated heterocycles. The molecule has 0 spiro atoms. The fourth-order valence-electron chi connectivity index (χ4n) is 4.95. The molecule has 0 N–H and O–H groups in total. The van der Waals surface area contributed by atoms with Crippen molar-refractivity contribution in [1.82, 2.24) is 0 Å². The van der Waals surface area contributed by atoms with Gasteiger partial charge in [-0.25, -0.2) is 19.6 Å². The summed E-state index contributed by atoms with van der Waals surface area (Å²) in [6.07, 6.45) is 2.66. The highest BCUT2D eigenvalue weighted by Gasteiger charge is 2.48. The van der Waals surface area contributed by atoms with Gasteiger partial charge in [0.05, 0.1) is 11.2 Å². The largest absolute Gasteiger partial charge is 0.234 e. The van der Waals surface area contributed by atoms with Crippen LogP contribution in [0.3, 0.4) is 0 Å². The van der Waals surface area contributed by atoms with Gasteiger partial charge in [-0.3, -0.25) is 0 Å². The van der Waals surface area contributed by atoms with E-state index in [4.69, 9.17) is 29.3 Å². The van der Waals surface area contributed by atoms with Crippen LogP contribution >= 0.6 is 0 Å². The summed E-state index contributed by atoms with van der Waals surface area (Å²) in [5, 5.41) is 0. The lowest BCUT2D eigenvalue weighted by atomic mass is 9.70. The van der Waals surface area contributed by atoms with Crippen LogP contribution in [0.4, 0.5) is 0 Å². The van der Waals surface area contributed by atoms with E-state index in [2.05, 4.69) is 20.8 Å². The molecule has 0 aromatic heterocycles. The molecule has 2 aromatic rings. The zero-order chi connectivity index (χ0) is 31.2. The van der Waals surface area contributed by atoms with Crippen LogP contribution in [0.15, 0.2) is 60.7 Å². The van der Waals surface area contributed by atoms with E-state index in [9.17, 15) is 0 Å². The van der Waals surface area contributed by atoms with Crippen LogP contribution in [-0.2, 0) is 40.5 Å². The van der Waals surface area contributed by atoms with Gasteiger partial charge >= 0.3 is 0 Å². The van der Waals surface area contributed by atoms with E-state index in [1.807, 2.05) is 130 Å². The lowest BCUT2D eigenvalue weighted by molar-refractivity contribution is -0.551. The summed E-state index contributed by atoms with van der Waals surface area (Å²) in [5.74, 6) is -0.359. The Bertz CT molecular complexity index is 962. The molecule has 1 aliphatic rings. The molecule has 6 heteroatoms. The van der Waals surface area contributed by atoms with E-state index >= 15 is 0 Å². The van der Waals surface area contributed by atoms with Gasteiger partial charge in [0.15, 0.2) is 0 Å². The molecule has 0 heterocycles. The van der Waals surface area contributed by atoms with Crippen molar-refractivity contribution in [2.75, 3.05) is 0 Å². The standard InChI is InChI=1S/C18H22O2.C17H34O4/c1-17(2,15-11-7-5-8-12-15)19-20-18(3,4)16-13-9-6-10-14-16;1-13-10-16(8,9)12-17(11-13,20-18-14(2,3)4)21-19-15(5,6)7/h5-14H,1-4H3;13H,10-12H2,1-9H3. The molecule has 3 rings (SSSR count). The van der Waals surface area contributed by atoms with Gasteiger partial charge in [-0.2, -0.15) is 9.78 Å². The van der Waals surface area contributed by atoms with Crippen LogP contribution in [0.2, 0.25) is 0 Å². The third-order valence-electron chi connectivity index (χ3n) is 6.59. The molecule has 1 unspecified atom stereocenters. The summed E-state index contributed by atoms with van der Waals surface area (Å²) < 4.78 is 0. The molecule has 0 aliphatic heterocycles. The Labute approximate surface area is 249 Å².